The SMILES string of the molecule is CCOCCOCCCC(N)CC. The van der Waals surface area contributed by atoms with Gasteiger partial charge in [0.25, 0.3) is 0 Å². The number of hydrogen-bond acceptors (Lipinski definition) is 3. The summed E-state index contributed by atoms with van der Waals surface area (Å²) in [5.74, 6) is 0. The average molecular weight is 189 g/mol. The summed E-state index contributed by atoms with van der Waals surface area (Å²) in [7, 11) is 0. The summed E-state index contributed by atoms with van der Waals surface area (Å²) in [5.41, 5.74) is 5.76. The Hall–Kier alpha value is -0.120. The van der Waals surface area contributed by atoms with Crippen molar-refractivity contribution in [2.45, 2.75) is 39.2 Å². The molecular weight excluding hydrogens is 166 g/mol. The van der Waals surface area contributed by atoms with Crippen molar-refractivity contribution >= 4 is 0 Å². The molecule has 0 aliphatic heterocycles. The van der Waals surface area contributed by atoms with Gasteiger partial charge < -0.3 is 15.2 Å². The van der Waals surface area contributed by atoms with Gasteiger partial charge in [0.05, 0.1) is 13.2 Å². The van der Waals surface area contributed by atoms with Gasteiger partial charge in [0.2, 0.25) is 0 Å². The van der Waals surface area contributed by atoms with Gasteiger partial charge in [-0.25, -0.2) is 0 Å². The highest BCUT2D eigenvalue weighted by Crippen LogP contribution is 1.98. The highest BCUT2D eigenvalue weighted by atomic mass is 16.5. The van der Waals surface area contributed by atoms with Crippen molar-refractivity contribution in [3.8, 4) is 0 Å². The fourth-order valence-corrected chi connectivity index (χ4v) is 1.02. The molecule has 0 aliphatic rings. The molecule has 0 saturated heterocycles. The molecule has 0 radical (unpaired) electrons. The van der Waals surface area contributed by atoms with E-state index in [-0.39, 0.29) is 0 Å². The van der Waals surface area contributed by atoms with Crippen LogP contribution in [0.3, 0.4) is 0 Å². The molecule has 0 fully saturated rings. The molecule has 80 valence electrons. The highest BCUT2D eigenvalue weighted by molar-refractivity contribution is 4.57. The van der Waals surface area contributed by atoms with Gasteiger partial charge in [-0.15, -0.1) is 0 Å². The molecule has 0 aliphatic carbocycles. The van der Waals surface area contributed by atoms with Crippen LogP contribution in [0.25, 0.3) is 0 Å². The second-order valence-corrected chi connectivity index (χ2v) is 3.12. The summed E-state index contributed by atoms with van der Waals surface area (Å²) in [6.07, 6.45) is 3.17. The van der Waals surface area contributed by atoms with E-state index in [2.05, 4.69) is 6.92 Å². The second-order valence-electron chi connectivity index (χ2n) is 3.12. The van der Waals surface area contributed by atoms with Gasteiger partial charge in [0.15, 0.2) is 0 Å². The molecule has 0 aromatic heterocycles. The summed E-state index contributed by atoms with van der Waals surface area (Å²) in [6, 6.07) is 0.343. The fourth-order valence-electron chi connectivity index (χ4n) is 1.02. The van der Waals surface area contributed by atoms with Gasteiger partial charge in [-0.1, -0.05) is 6.92 Å². The van der Waals surface area contributed by atoms with E-state index >= 15 is 0 Å². The van der Waals surface area contributed by atoms with Crippen LogP contribution in [0.2, 0.25) is 0 Å². The van der Waals surface area contributed by atoms with Crippen molar-refractivity contribution in [3.63, 3.8) is 0 Å². The van der Waals surface area contributed by atoms with Crippen LogP contribution >= 0.6 is 0 Å². The second kappa shape index (κ2) is 9.96. The van der Waals surface area contributed by atoms with Crippen LogP contribution < -0.4 is 5.73 Å². The number of ether oxygens (including phenoxy) is 2. The third-order valence-corrected chi connectivity index (χ3v) is 1.96. The zero-order valence-corrected chi connectivity index (χ0v) is 8.92. The van der Waals surface area contributed by atoms with E-state index in [1.54, 1.807) is 0 Å². The van der Waals surface area contributed by atoms with Crippen molar-refractivity contribution in [2.24, 2.45) is 5.73 Å². The van der Waals surface area contributed by atoms with Gasteiger partial charge in [0, 0.05) is 19.3 Å². The lowest BCUT2D eigenvalue weighted by Gasteiger charge is -2.08. The van der Waals surface area contributed by atoms with Crippen LogP contribution in [0, 0.1) is 0 Å². The van der Waals surface area contributed by atoms with E-state index in [1.165, 1.54) is 0 Å². The fraction of sp³-hybridized carbons (Fsp3) is 1.00. The standard InChI is InChI=1S/C10H23NO2/c1-3-10(11)6-5-7-13-9-8-12-4-2/h10H,3-9,11H2,1-2H3. The first-order valence-electron chi connectivity index (χ1n) is 5.22. The molecule has 0 bridgehead atoms. The van der Waals surface area contributed by atoms with Gasteiger partial charge in [-0.2, -0.15) is 0 Å². The lowest BCUT2D eigenvalue weighted by molar-refractivity contribution is 0.0509. The Kier molecular flexibility index (Phi) is 9.87. The zero-order valence-electron chi connectivity index (χ0n) is 8.92. The molecule has 1 atom stereocenters. The minimum Gasteiger partial charge on any atom is -0.379 e. The number of hydrogen-bond donors (Lipinski definition) is 1. The summed E-state index contributed by atoms with van der Waals surface area (Å²) in [4.78, 5) is 0. The van der Waals surface area contributed by atoms with Crippen LogP contribution in [0.5, 0.6) is 0 Å². The molecule has 0 spiro atoms. The Balaban J connectivity index is 2.91. The summed E-state index contributed by atoms with van der Waals surface area (Å²) >= 11 is 0. The molecule has 3 heteroatoms. The first-order valence-corrected chi connectivity index (χ1v) is 5.22. The van der Waals surface area contributed by atoms with Crippen LogP contribution in [0.15, 0.2) is 0 Å². The van der Waals surface area contributed by atoms with Crippen molar-refractivity contribution < 1.29 is 9.47 Å². The lowest BCUT2D eigenvalue weighted by Crippen LogP contribution is -2.19. The molecule has 13 heavy (non-hydrogen) atoms. The normalized spacial score (nSPS) is 13.2. The molecule has 1 unspecified atom stereocenters. The van der Waals surface area contributed by atoms with Gasteiger partial charge in [-0.05, 0) is 26.2 Å². The Morgan fingerprint density at radius 3 is 2.38 bits per heavy atom. The van der Waals surface area contributed by atoms with Gasteiger partial charge in [0.1, 0.15) is 0 Å². The molecule has 0 amide bonds. The molecule has 3 nitrogen and oxygen atoms in total. The maximum Gasteiger partial charge on any atom is 0.0700 e. The summed E-state index contributed by atoms with van der Waals surface area (Å²) in [6.45, 7) is 7.08. The topological polar surface area (TPSA) is 44.5 Å². The predicted octanol–water partition coefficient (Wildman–Crippen LogP) is 1.56. The van der Waals surface area contributed by atoms with Crippen molar-refractivity contribution in [3.05, 3.63) is 0 Å². The predicted molar refractivity (Wildman–Crippen MR) is 54.8 cm³/mol. The molecule has 0 saturated carbocycles. The smallest absolute Gasteiger partial charge is 0.0700 e. The van der Waals surface area contributed by atoms with Gasteiger partial charge in [-0.3, -0.25) is 0 Å². The number of rotatable bonds is 9. The molecule has 0 heterocycles. The lowest BCUT2D eigenvalue weighted by atomic mass is 10.1. The van der Waals surface area contributed by atoms with Crippen LogP contribution in [-0.4, -0.2) is 32.5 Å². The minimum atomic E-state index is 0.343. The number of nitrogens with two attached hydrogens (primary N) is 1. The van der Waals surface area contributed by atoms with E-state index in [4.69, 9.17) is 15.2 Å². The van der Waals surface area contributed by atoms with E-state index < -0.39 is 0 Å². The van der Waals surface area contributed by atoms with E-state index in [9.17, 15) is 0 Å². The monoisotopic (exact) mass is 189 g/mol. The van der Waals surface area contributed by atoms with Crippen molar-refractivity contribution in [2.75, 3.05) is 26.4 Å². The Morgan fingerprint density at radius 2 is 1.77 bits per heavy atom. The van der Waals surface area contributed by atoms with Crippen molar-refractivity contribution in [1.29, 1.82) is 0 Å². The minimum absolute atomic E-state index is 0.343. The van der Waals surface area contributed by atoms with Gasteiger partial charge >= 0.3 is 0 Å². The van der Waals surface area contributed by atoms with Crippen LogP contribution in [0.4, 0.5) is 0 Å². The maximum atomic E-state index is 5.76. The van der Waals surface area contributed by atoms with E-state index in [1.807, 2.05) is 6.92 Å². The molecule has 2 N–H and O–H groups in total. The Labute approximate surface area is 81.6 Å². The van der Waals surface area contributed by atoms with Crippen LogP contribution in [-0.2, 0) is 9.47 Å². The molecule has 0 aromatic carbocycles. The summed E-state index contributed by atoms with van der Waals surface area (Å²) < 4.78 is 10.5. The Morgan fingerprint density at radius 1 is 1.08 bits per heavy atom. The third-order valence-electron chi connectivity index (χ3n) is 1.96. The molecular formula is C10H23NO2. The third kappa shape index (κ3) is 9.80. The van der Waals surface area contributed by atoms with Crippen LogP contribution in [0.1, 0.15) is 33.1 Å². The van der Waals surface area contributed by atoms with E-state index in [0.717, 1.165) is 32.5 Å². The zero-order chi connectivity index (χ0) is 9.94. The first-order chi connectivity index (χ1) is 6.31. The maximum absolute atomic E-state index is 5.76. The quantitative estimate of drug-likeness (QED) is 0.560. The Bertz CT molecular complexity index is 98.9. The van der Waals surface area contributed by atoms with E-state index in [0.29, 0.717) is 19.3 Å². The summed E-state index contributed by atoms with van der Waals surface area (Å²) in [5, 5.41) is 0. The first kappa shape index (κ1) is 12.9. The largest absolute Gasteiger partial charge is 0.379 e. The molecule has 0 rings (SSSR count). The highest BCUT2D eigenvalue weighted by Gasteiger charge is 1.97. The van der Waals surface area contributed by atoms with Crippen molar-refractivity contribution in [1.82, 2.24) is 0 Å². The molecule has 0 aromatic rings. The average Bonchev–Trinajstić information content (AvgIpc) is 2.16.